The van der Waals surface area contributed by atoms with E-state index in [4.69, 9.17) is 11.6 Å². The van der Waals surface area contributed by atoms with Gasteiger partial charge in [-0.3, -0.25) is 4.79 Å². The van der Waals surface area contributed by atoms with Crippen LogP contribution in [0.15, 0.2) is 24.3 Å². The second-order valence-electron chi connectivity index (χ2n) is 4.32. The molecule has 1 aliphatic heterocycles. The molecule has 0 aromatic heterocycles. The molecule has 0 bridgehead atoms. The third kappa shape index (κ3) is 2.48. The quantitative estimate of drug-likeness (QED) is 0.915. The normalized spacial score (nSPS) is 19.9. The fourth-order valence-corrected chi connectivity index (χ4v) is 2.19. The van der Waals surface area contributed by atoms with Gasteiger partial charge in [-0.2, -0.15) is 0 Å². The van der Waals surface area contributed by atoms with Crippen molar-refractivity contribution in [3.8, 4) is 0 Å². The summed E-state index contributed by atoms with van der Waals surface area (Å²) in [5, 5.41) is 3.32. The highest BCUT2D eigenvalue weighted by Crippen LogP contribution is 2.23. The monoisotopic (exact) mass is 266 g/mol. The van der Waals surface area contributed by atoms with Gasteiger partial charge < -0.3 is 5.32 Å². The lowest BCUT2D eigenvalue weighted by atomic mass is 10.00. The van der Waals surface area contributed by atoms with Crippen LogP contribution < -0.4 is 10.2 Å². The number of imide groups is 1. The molecule has 1 aromatic carbocycles. The van der Waals surface area contributed by atoms with Crippen molar-refractivity contribution in [2.45, 2.75) is 19.8 Å². The maximum atomic E-state index is 12.2. The number of nitrogens with one attached hydrogen (secondary N) is 1. The Balaban J connectivity index is 2.26. The Morgan fingerprint density at radius 1 is 1.33 bits per heavy atom. The van der Waals surface area contributed by atoms with E-state index in [1.165, 1.54) is 4.90 Å². The Bertz CT molecular complexity index is 459. The van der Waals surface area contributed by atoms with Crippen molar-refractivity contribution in [2.24, 2.45) is 5.92 Å². The molecule has 0 aliphatic carbocycles. The van der Waals surface area contributed by atoms with Crippen molar-refractivity contribution in [1.29, 1.82) is 0 Å². The summed E-state index contributed by atoms with van der Waals surface area (Å²) in [6.07, 6.45) is 1.70. The van der Waals surface area contributed by atoms with Crippen LogP contribution in [0, 0.1) is 5.92 Å². The molecule has 0 radical (unpaired) electrons. The predicted octanol–water partition coefficient (Wildman–Crippen LogP) is 2.81. The topological polar surface area (TPSA) is 49.4 Å². The summed E-state index contributed by atoms with van der Waals surface area (Å²) < 4.78 is 0. The maximum Gasteiger partial charge on any atom is 0.328 e. The summed E-state index contributed by atoms with van der Waals surface area (Å²) in [5.74, 6) is -0.272. The molecule has 96 valence electrons. The van der Waals surface area contributed by atoms with Gasteiger partial charge in [0.15, 0.2) is 0 Å². The van der Waals surface area contributed by atoms with E-state index in [2.05, 4.69) is 5.32 Å². The summed E-state index contributed by atoms with van der Waals surface area (Å²) in [6, 6.07) is 6.32. The molecule has 1 N–H and O–H groups in total. The van der Waals surface area contributed by atoms with Gasteiger partial charge in [-0.25, -0.2) is 9.69 Å². The minimum Gasteiger partial charge on any atom is -0.337 e. The summed E-state index contributed by atoms with van der Waals surface area (Å²) in [7, 11) is 0. The Hall–Kier alpha value is -1.55. The minimum absolute atomic E-state index is 0.136. The van der Waals surface area contributed by atoms with Gasteiger partial charge in [0.05, 0.1) is 11.6 Å². The third-order valence-corrected chi connectivity index (χ3v) is 3.25. The Morgan fingerprint density at radius 2 is 2.00 bits per heavy atom. The van der Waals surface area contributed by atoms with E-state index in [1.807, 2.05) is 6.92 Å². The summed E-state index contributed by atoms with van der Waals surface area (Å²) in [5.41, 5.74) is 0.558. The highest BCUT2D eigenvalue weighted by atomic mass is 35.5. The molecule has 0 spiro atoms. The average molecular weight is 267 g/mol. The number of urea groups is 1. The molecule has 1 unspecified atom stereocenters. The Kier molecular flexibility index (Phi) is 3.87. The molecule has 4 nitrogen and oxygen atoms in total. The van der Waals surface area contributed by atoms with Crippen LogP contribution in [0.2, 0.25) is 5.02 Å². The standard InChI is InChI=1S/C13H15ClN2O2/c1-2-3-9-8-15-13(18)16(12(9)17)11-6-4-10(14)5-7-11/h4-7,9H,2-3,8H2,1H3,(H,15,18). The van der Waals surface area contributed by atoms with E-state index < -0.39 is 0 Å². The molecule has 1 atom stereocenters. The van der Waals surface area contributed by atoms with Gasteiger partial charge in [-0.05, 0) is 30.7 Å². The number of carbonyl (C=O) groups is 2. The second kappa shape index (κ2) is 5.40. The van der Waals surface area contributed by atoms with Gasteiger partial charge >= 0.3 is 6.03 Å². The van der Waals surface area contributed by atoms with Crippen LogP contribution in [-0.2, 0) is 4.79 Å². The minimum atomic E-state index is -0.366. The molecule has 2 rings (SSSR count). The smallest absolute Gasteiger partial charge is 0.328 e. The van der Waals surface area contributed by atoms with Crippen molar-refractivity contribution in [2.75, 3.05) is 11.4 Å². The van der Waals surface area contributed by atoms with Crippen LogP contribution >= 0.6 is 11.6 Å². The van der Waals surface area contributed by atoms with Crippen molar-refractivity contribution >= 4 is 29.2 Å². The van der Waals surface area contributed by atoms with E-state index in [0.717, 1.165) is 12.8 Å². The van der Waals surface area contributed by atoms with Gasteiger partial charge in [0.25, 0.3) is 0 Å². The van der Waals surface area contributed by atoms with Crippen LogP contribution in [0.4, 0.5) is 10.5 Å². The van der Waals surface area contributed by atoms with E-state index in [1.54, 1.807) is 24.3 Å². The van der Waals surface area contributed by atoms with Crippen molar-refractivity contribution in [1.82, 2.24) is 5.32 Å². The lowest BCUT2D eigenvalue weighted by molar-refractivity contribution is -0.122. The molecule has 3 amide bonds. The average Bonchev–Trinajstić information content (AvgIpc) is 2.35. The molecule has 0 saturated carbocycles. The molecule has 1 saturated heterocycles. The first-order valence-electron chi connectivity index (χ1n) is 6.01. The highest BCUT2D eigenvalue weighted by molar-refractivity contribution is 6.30. The van der Waals surface area contributed by atoms with Gasteiger partial charge in [-0.1, -0.05) is 24.9 Å². The predicted molar refractivity (Wildman–Crippen MR) is 70.7 cm³/mol. The van der Waals surface area contributed by atoms with E-state index in [-0.39, 0.29) is 17.9 Å². The number of benzene rings is 1. The van der Waals surface area contributed by atoms with Crippen LogP contribution in [0.25, 0.3) is 0 Å². The number of nitrogens with zero attached hydrogens (tertiary/aromatic N) is 1. The lowest BCUT2D eigenvalue weighted by Crippen LogP contribution is -2.55. The fourth-order valence-electron chi connectivity index (χ4n) is 2.07. The molecule has 1 heterocycles. The Morgan fingerprint density at radius 3 is 2.61 bits per heavy atom. The van der Waals surface area contributed by atoms with Gasteiger partial charge in [0, 0.05) is 11.6 Å². The summed E-state index contributed by atoms with van der Waals surface area (Å²) in [6.45, 7) is 2.45. The number of halogens is 1. The maximum absolute atomic E-state index is 12.2. The fraction of sp³-hybridized carbons (Fsp3) is 0.385. The lowest BCUT2D eigenvalue weighted by Gasteiger charge is -2.31. The van der Waals surface area contributed by atoms with Gasteiger partial charge in [0.1, 0.15) is 0 Å². The number of hydrogen-bond donors (Lipinski definition) is 1. The summed E-state index contributed by atoms with van der Waals surface area (Å²) >= 11 is 5.80. The molecular formula is C13H15ClN2O2. The molecular weight excluding hydrogens is 252 g/mol. The first-order valence-corrected chi connectivity index (χ1v) is 6.38. The molecule has 18 heavy (non-hydrogen) atoms. The number of hydrogen-bond acceptors (Lipinski definition) is 2. The van der Waals surface area contributed by atoms with Crippen LogP contribution in [0.5, 0.6) is 0 Å². The molecule has 1 aliphatic rings. The van der Waals surface area contributed by atoms with Crippen molar-refractivity contribution in [3.05, 3.63) is 29.3 Å². The summed E-state index contributed by atoms with van der Waals surface area (Å²) in [4.78, 5) is 25.2. The van der Waals surface area contributed by atoms with Crippen LogP contribution in [0.1, 0.15) is 19.8 Å². The van der Waals surface area contributed by atoms with Crippen LogP contribution in [0.3, 0.4) is 0 Å². The van der Waals surface area contributed by atoms with Gasteiger partial charge in [-0.15, -0.1) is 0 Å². The van der Waals surface area contributed by atoms with Crippen molar-refractivity contribution in [3.63, 3.8) is 0 Å². The molecule has 1 fully saturated rings. The number of anilines is 1. The molecule has 1 aromatic rings. The Labute approximate surface area is 111 Å². The number of amides is 3. The number of carbonyl (C=O) groups excluding carboxylic acids is 2. The largest absolute Gasteiger partial charge is 0.337 e. The number of rotatable bonds is 3. The third-order valence-electron chi connectivity index (χ3n) is 2.99. The first kappa shape index (κ1) is 12.9. The first-order chi connectivity index (χ1) is 8.63. The molecule has 5 heteroatoms. The zero-order chi connectivity index (χ0) is 13.1. The zero-order valence-corrected chi connectivity index (χ0v) is 10.9. The highest BCUT2D eigenvalue weighted by Gasteiger charge is 2.34. The van der Waals surface area contributed by atoms with Gasteiger partial charge in [0.2, 0.25) is 5.91 Å². The van der Waals surface area contributed by atoms with E-state index in [0.29, 0.717) is 17.3 Å². The van der Waals surface area contributed by atoms with Crippen LogP contribution in [-0.4, -0.2) is 18.5 Å². The van der Waals surface area contributed by atoms with E-state index in [9.17, 15) is 9.59 Å². The zero-order valence-electron chi connectivity index (χ0n) is 10.1. The SMILES string of the molecule is CCCC1CNC(=O)N(c2ccc(Cl)cc2)C1=O. The van der Waals surface area contributed by atoms with Crippen molar-refractivity contribution < 1.29 is 9.59 Å². The second-order valence-corrected chi connectivity index (χ2v) is 4.76. The van der Waals surface area contributed by atoms with E-state index >= 15 is 0 Å².